The highest BCUT2D eigenvalue weighted by molar-refractivity contribution is 6.05. The SMILES string of the molecule is c1cc2nc(c1)nc1[nH]c(nc3cccc(n3)nc3[nH]c(n2)c2ccccc32)c2ccccc12. The van der Waals surface area contributed by atoms with E-state index >= 15 is 0 Å². The molecule has 0 aliphatic rings. The fourth-order valence-electron chi connectivity index (χ4n) is 4.17. The molecule has 8 bridgehead atoms. The van der Waals surface area contributed by atoms with Crippen molar-refractivity contribution in [2.24, 2.45) is 0 Å². The van der Waals surface area contributed by atoms with Crippen LogP contribution >= 0.6 is 0 Å². The topological polar surface area (TPSA) is 109 Å². The molecule has 0 saturated heterocycles. The summed E-state index contributed by atoms with van der Waals surface area (Å²) in [5.74, 6) is 0. The van der Waals surface area contributed by atoms with Gasteiger partial charge < -0.3 is 9.97 Å². The second-order valence-corrected chi connectivity index (χ2v) is 7.89. The lowest BCUT2D eigenvalue weighted by Crippen LogP contribution is -1.85. The molecule has 0 saturated carbocycles. The first-order chi connectivity index (χ1) is 16.8. The van der Waals surface area contributed by atoms with Crippen molar-refractivity contribution < 1.29 is 0 Å². The number of hydrogen-bond donors (Lipinski definition) is 2. The smallest absolute Gasteiger partial charge is 0.156 e. The van der Waals surface area contributed by atoms with E-state index in [4.69, 9.17) is 19.9 Å². The first-order valence-corrected chi connectivity index (χ1v) is 10.8. The number of H-pyrrole nitrogens is 2. The Kier molecular flexibility index (Phi) is 3.98. The van der Waals surface area contributed by atoms with Crippen molar-refractivity contribution in [3.63, 3.8) is 0 Å². The Hall–Kier alpha value is -4.98. The molecule has 0 aliphatic carbocycles. The third-order valence-electron chi connectivity index (χ3n) is 5.69. The molecule has 8 heteroatoms. The minimum Gasteiger partial charge on any atom is -0.324 e. The highest BCUT2D eigenvalue weighted by Crippen LogP contribution is 2.23. The zero-order valence-electron chi connectivity index (χ0n) is 17.8. The van der Waals surface area contributed by atoms with Crippen molar-refractivity contribution in [2.45, 2.75) is 0 Å². The first kappa shape index (κ1) is 18.6. The van der Waals surface area contributed by atoms with Crippen LogP contribution in [-0.4, -0.2) is 39.9 Å². The van der Waals surface area contributed by atoms with Gasteiger partial charge in [-0.05, 0) is 24.3 Å². The Balaban J connectivity index is 1.71. The van der Waals surface area contributed by atoms with E-state index in [1.807, 2.05) is 84.9 Å². The number of benzene rings is 2. The molecule has 5 heterocycles. The van der Waals surface area contributed by atoms with Gasteiger partial charge in [0.1, 0.15) is 22.6 Å². The Morgan fingerprint density at radius 2 is 0.618 bits per heavy atom. The average Bonchev–Trinajstić information content (AvgIpc) is 3.37. The molecule has 2 N–H and O–H groups in total. The van der Waals surface area contributed by atoms with E-state index in [0.29, 0.717) is 45.2 Å². The van der Waals surface area contributed by atoms with Crippen LogP contribution in [0, 0.1) is 0 Å². The molecule has 0 unspecified atom stereocenters. The second kappa shape index (κ2) is 7.28. The summed E-state index contributed by atoms with van der Waals surface area (Å²) in [4.78, 5) is 35.1. The van der Waals surface area contributed by atoms with Crippen molar-refractivity contribution in [1.29, 1.82) is 0 Å². The van der Waals surface area contributed by atoms with Gasteiger partial charge >= 0.3 is 0 Å². The van der Waals surface area contributed by atoms with E-state index in [-0.39, 0.29) is 0 Å². The number of hydrogen-bond acceptors (Lipinski definition) is 6. The number of pyridine rings is 2. The number of fused-ring (bicyclic) bond motifs is 14. The van der Waals surface area contributed by atoms with E-state index in [2.05, 4.69) is 19.9 Å². The largest absolute Gasteiger partial charge is 0.324 e. The molecule has 0 atom stereocenters. The van der Waals surface area contributed by atoms with E-state index < -0.39 is 0 Å². The number of aromatic nitrogens is 8. The molecule has 8 nitrogen and oxygen atoms in total. The molecule has 0 aliphatic heterocycles. The third-order valence-corrected chi connectivity index (χ3v) is 5.69. The van der Waals surface area contributed by atoms with Crippen LogP contribution in [0.4, 0.5) is 0 Å². The molecule has 7 rings (SSSR count). The van der Waals surface area contributed by atoms with Crippen LogP contribution in [0.1, 0.15) is 0 Å². The van der Waals surface area contributed by atoms with Crippen LogP contribution in [-0.2, 0) is 0 Å². The van der Waals surface area contributed by atoms with Crippen LogP contribution in [0.25, 0.3) is 66.7 Å². The maximum atomic E-state index is 4.78. The van der Waals surface area contributed by atoms with Crippen LogP contribution in [0.2, 0.25) is 0 Å². The summed E-state index contributed by atoms with van der Waals surface area (Å²) in [5, 5.41) is 3.82. The number of nitrogens with one attached hydrogen (secondary N) is 2. The summed E-state index contributed by atoms with van der Waals surface area (Å²) in [5.41, 5.74) is 4.92. The molecule has 2 aromatic carbocycles. The second-order valence-electron chi connectivity index (χ2n) is 7.89. The molecule has 7 aromatic rings. The van der Waals surface area contributed by atoms with Gasteiger partial charge in [-0.15, -0.1) is 0 Å². The number of rotatable bonds is 0. The van der Waals surface area contributed by atoms with Gasteiger partial charge in [0.05, 0.1) is 0 Å². The lowest BCUT2D eigenvalue weighted by molar-refractivity contribution is 1.24. The summed E-state index contributed by atoms with van der Waals surface area (Å²) in [7, 11) is 0. The Morgan fingerprint density at radius 3 is 0.912 bits per heavy atom. The zero-order valence-corrected chi connectivity index (χ0v) is 17.8. The standard InChI is InChI=1S/C26H16N8/c1-2-8-16-15(7-1)23-29-19-11-5-13-21(27-19)31-25-17-9-3-4-10-18(17)26(34-25)32-22-14-6-12-20(28-22)30-24(16)33-23/h1-14H,(H2,27,28,29,30,31,32,33,34). The van der Waals surface area contributed by atoms with E-state index in [1.54, 1.807) is 0 Å². The highest BCUT2D eigenvalue weighted by Gasteiger charge is 2.06. The van der Waals surface area contributed by atoms with Crippen molar-refractivity contribution in [1.82, 2.24) is 39.9 Å². The van der Waals surface area contributed by atoms with Crippen LogP contribution in [0.15, 0.2) is 84.9 Å². The number of aromatic amines is 2. The maximum Gasteiger partial charge on any atom is 0.156 e. The molecule has 34 heavy (non-hydrogen) atoms. The molecule has 0 amide bonds. The van der Waals surface area contributed by atoms with Crippen LogP contribution in [0.3, 0.4) is 0 Å². The van der Waals surface area contributed by atoms with Gasteiger partial charge in [-0.3, -0.25) is 0 Å². The highest BCUT2D eigenvalue weighted by atomic mass is 15.0. The van der Waals surface area contributed by atoms with Crippen LogP contribution in [0.5, 0.6) is 0 Å². The Morgan fingerprint density at radius 1 is 0.324 bits per heavy atom. The lowest BCUT2D eigenvalue weighted by Gasteiger charge is -1.91. The predicted octanol–water partition coefficient (Wildman–Crippen LogP) is 5.32. The first-order valence-electron chi connectivity index (χ1n) is 10.8. The van der Waals surface area contributed by atoms with Gasteiger partial charge in [-0.1, -0.05) is 60.7 Å². The van der Waals surface area contributed by atoms with Gasteiger partial charge in [0.25, 0.3) is 0 Å². The van der Waals surface area contributed by atoms with Gasteiger partial charge in [-0.25, -0.2) is 29.9 Å². The quantitative estimate of drug-likeness (QED) is 0.330. The van der Waals surface area contributed by atoms with E-state index in [9.17, 15) is 0 Å². The molecule has 0 radical (unpaired) electrons. The Bertz CT molecular complexity index is 1710. The van der Waals surface area contributed by atoms with E-state index in [1.165, 1.54) is 0 Å². The van der Waals surface area contributed by atoms with Gasteiger partial charge in [0.2, 0.25) is 0 Å². The van der Waals surface area contributed by atoms with Gasteiger partial charge in [0, 0.05) is 21.5 Å². The van der Waals surface area contributed by atoms with Crippen molar-refractivity contribution >= 4 is 66.7 Å². The molecular formula is C26H16N8. The average molecular weight is 440 g/mol. The van der Waals surface area contributed by atoms with Crippen molar-refractivity contribution in [2.75, 3.05) is 0 Å². The molecule has 0 spiro atoms. The van der Waals surface area contributed by atoms with E-state index in [0.717, 1.165) is 21.5 Å². The fraction of sp³-hybridized carbons (Fsp3) is 0. The summed E-state index contributed by atoms with van der Waals surface area (Å²) in [6.07, 6.45) is 0. The monoisotopic (exact) mass is 440 g/mol. The molecule has 5 aromatic heterocycles. The molecule has 0 fully saturated rings. The lowest BCUT2D eigenvalue weighted by atomic mass is 10.2. The zero-order chi connectivity index (χ0) is 22.5. The molecule has 160 valence electrons. The Labute approximate surface area is 191 Å². The summed E-state index contributed by atoms with van der Waals surface area (Å²) >= 11 is 0. The van der Waals surface area contributed by atoms with Crippen molar-refractivity contribution in [3.8, 4) is 0 Å². The summed E-state index contributed by atoms with van der Waals surface area (Å²) in [6.45, 7) is 0. The minimum atomic E-state index is 0.549. The molecular weight excluding hydrogens is 424 g/mol. The summed E-state index contributed by atoms with van der Waals surface area (Å²) in [6, 6.07) is 27.2. The normalized spacial score (nSPS) is 11.5. The van der Waals surface area contributed by atoms with Gasteiger partial charge in [-0.2, -0.15) is 0 Å². The van der Waals surface area contributed by atoms with Gasteiger partial charge in [0.15, 0.2) is 22.6 Å². The maximum absolute atomic E-state index is 4.78. The number of nitrogens with zero attached hydrogens (tertiary/aromatic N) is 6. The third kappa shape index (κ3) is 3.08. The van der Waals surface area contributed by atoms with Crippen LogP contribution < -0.4 is 0 Å². The van der Waals surface area contributed by atoms with Crippen molar-refractivity contribution in [3.05, 3.63) is 84.9 Å². The predicted molar refractivity (Wildman–Crippen MR) is 133 cm³/mol. The fourth-order valence-corrected chi connectivity index (χ4v) is 4.17. The summed E-state index contributed by atoms with van der Waals surface area (Å²) < 4.78 is 0. The minimum absolute atomic E-state index is 0.549.